The Bertz CT molecular complexity index is 356. The molecule has 1 aromatic rings. The fourth-order valence-corrected chi connectivity index (χ4v) is 2.10. The predicted octanol–water partition coefficient (Wildman–Crippen LogP) is 1.24. The molecule has 14 heavy (non-hydrogen) atoms. The number of nitrogens with zero attached hydrogens (tertiary/aromatic N) is 1. The van der Waals surface area contributed by atoms with Crippen LogP contribution < -0.4 is 5.32 Å². The van der Waals surface area contributed by atoms with E-state index in [0.29, 0.717) is 6.42 Å². The van der Waals surface area contributed by atoms with E-state index >= 15 is 0 Å². The molecule has 0 spiro atoms. The van der Waals surface area contributed by atoms with Crippen LogP contribution >= 0.6 is 0 Å². The number of nitrogens with one attached hydrogen (secondary N) is 1. The van der Waals surface area contributed by atoms with Crippen LogP contribution in [0.25, 0.3) is 0 Å². The number of carbonyl (C=O) groups excluding carboxylic acids is 1. The Morgan fingerprint density at radius 1 is 1.64 bits per heavy atom. The van der Waals surface area contributed by atoms with Gasteiger partial charge in [-0.15, -0.1) is 0 Å². The van der Waals surface area contributed by atoms with Gasteiger partial charge in [-0.3, -0.25) is 4.79 Å². The van der Waals surface area contributed by atoms with Gasteiger partial charge in [-0.2, -0.15) is 0 Å². The van der Waals surface area contributed by atoms with Crippen molar-refractivity contribution in [1.29, 1.82) is 0 Å². The number of aromatic nitrogens is 1. The van der Waals surface area contributed by atoms with Crippen LogP contribution in [0, 0.1) is 0 Å². The molecule has 1 N–H and O–H groups in total. The molecule has 76 valence electrons. The Labute approximate surface area is 84.1 Å². The summed E-state index contributed by atoms with van der Waals surface area (Å²) in [7, 11) is 2.01. The van der Waals surface area contributed by atoms with E-state index in [-0.39, 0.29) is 11.4 Å². The molecule has 0 aliphatic carbocycles. The Hall–Kier alpha value is -1.25. The maximum atomic E-state index is 11.1. The van der Waals surface area contributed by atoms with Crippen LogP contribution in [-0.4, -0.2) is 16.0 Å². The summed E-state index contributed by atoms with van der Waals surface area (Å²) in [5.41, 5.74) is 1.26. The lowest BCUT2D eigenvalue weighted by molar-refractivity contribution is -0.119. The molecule has 1 unspecified atom stereocenters. The van der Waals surface area contributed by atoms with Crippen molar-refractivity contribution >= 4 is 5.91 Å². The van der Waals surface area contributed by atoms with Gasteiger partial charge in [-0.1, -0.05) is 0 Å². The van der Waals surface area contributed by atoms with E-state index in [1.165, 1.54) is 5.56 Å². The van der Waals surface area contributed by atoms with Crippen molar-refractivity contribution in [2.75, 3.05) is 0 Å². The average Bonchev–Trinajstić information content (AvgIpc) is 2.60. The first kappa shape index (κ1) is 9.31. The first-order chi connectivity index (χ1) is 6.57. The minimum Gasteiger partial charge on any atom is -0.357 e. The van der Waals surface area contributed by atoms with Gasteiger partial charge < -0.3 is 9.88 Å². The summed E-state index contributed by atoms with van der Waals surface area (Å²) in [6.07, 6.45) is 6.69. The highest BCUT2D eigenvalue weighted by Gasteiger charge is 2.32. The van der Waals surface area contributed by atoms with Crippen LogP contribution in [0.5, 0.6) is 0 Å². The third kappa shape index (κ3) is 1.81. The van der Waals surface area contributed by atoms with Crippen LogP contribution in [0.4, 0.5) is 0 Å². The Kier molecular flexibility index (Phi) is 2.10. The topological polar surface area (TPSA) is 34.0 Å². The number of amides is 1. The molecule has 1 atom stereocenters. The van der Waals surface area contributed by atoms with Crippen LogP contribution in [0.1, 0.15) is 25.3 Å². The molecule has 2 heterocycles. The maximum Gasteiger partial charge on any atom is 0.220 e. The number of carbonyl (C=O) groups is 1. The van der Waals surface area contributed by atoms with E-state index in [4.69, 9.17) is 0 Å². The van der Waals surface area contributed by atoms with E-state index in [9.17, 15) is 4.79 Å². The van der Waals surface area contributed by atoms with Gasteiger partial charge in [-0.25, -0.2) is 0 Å². The van der Waals surface area contributed by atoms with Crippen molar-refractivity contribution in [3.05, 3.63) is 24.0 Å². The summed E-state index contributed by atoms with van der Waals surface area (Å²) in [5, 5.41) is 3.04. The molecule has 3 heteroatoms. The molecule has 2 rings (SSSR count). The molecular formula is C11H16N2O. The van der Waals surface area contributed by atoms with Gasteiger partial charge in [-0.05, 0) is 31.4 Å². The largest absolute Gasteiger partial charge is 0.357 e. The summed E-state index contributed by atoms with van der Waals surface area (Å²) < 4.78 is 2.04. The summed E-state index contributed by atoms with van der Waals surface area (Å²) in [5.74, 6) is 0.184. The van der Waals surface area contributed by atoms with Gasteiger partial charge in [0.1, 0.15) is 0 Å². The Balaban J connectivity index is 2.07. The van der Waals surface area contributed by atoms with Crippen molar-refractivity contribution in [2.45, 2.75) is 31.7 Å². The molecule has 1 amide bonds. The van der Waals surface area contributed by atoms with Crippen molar-refractivity contribution in [3.8, 4) is 0 Å². The predicted molar refractivity (Wildman–Crippen MR) is 54.9 cm³/mol. The zero-order valence-electron chi connectivity index (χ0n) is 8.71. The second-order valence-corrected chi connectivity index (χ2v) is 4.47. The molecular weight excluding hydrogens is 176 g/mol. The SMILES string of the molecule is Cn1ccc(CC2(C)CCC(=O)N2)c1. The van der Waals surface area contributed by atoms with Gasteiger partial charge in [0.25, 0.3) is 0 Å². The van der Waals surface area contributed by atoms with Crippen molar-refractivity contribution < 1.29 is 4.79 Å². The van der Waals surface area contributed by atoms with Crippen molar-refractivity contribution in [3.63, 3.8) is 0 Å². The minimum atomic E-state index is -0.0293. The number of rotatable bonds is 2. The van der Waals surface area contributed by atoms with Gasteiger partial charge in [0, 0.05) is 31.4 Å². The van der Waals surface area contributed by atoms with Gasteiger partial charge in [0.15, 0.2) is 0 Å². The zero-order valence-corrected chi connectivity index (χ0v) is 8.71. The minimum absolute atomic E-state index is 0.0293. The molecule has 0 bridgehead atoms. The lowest BCUT2D eigenvalue weighted by Gasteiger charge is -2.23. The van der Waals surface area contributed by atoms with Crippen LogP contribution in [0.3, 0.4) is 0 Å². The van der Waals surface area contributed by atoms with Crippen LogP contribution in [0.2, 0.25) is 0 Å². The fourth-order valence-electron chi connectivity index (χ4n) is 2.10. The average molecular weight is 192 g/mol. The smallest absolute Gasteiger partial charge is 0.220 e. The number of hydrogen-bond acceptors (Lipinski definition) is 1. The summed E-state index contributed by atoms with van der Waals surface area (Å²) in [4.78, 5) is 11.1. The molecule has 1 aliphatic rings. The normalized spacial score (nSPS) is 26.6. The lowest BCUT2D eigenvalue weighted by atomic mass is 9.93. The molecule has 1 aromatic heterocycles. The van der Waals surface area contributed by atoms with Crippen molar-refractivity contribution in [2.24, 2.45) is 7.05 Å². The Morgan fingerprint density at radius 2 is 2.43 bits per heavy atom. The summed E-state index contributed by atoms with van der Waals surface area (Å²) >= 11 is 0. The second-order valence-electron chi connectivity index (χ2n) is 4.47. The molecule has 1 fully saturated rings. The molecule has 1 saturated heterocycles. The first-order valence-corrected chi connectivity index (χ1v) is 4.99. The van der Waals surface area contributed by atoms with E-state index in [0.717, 1.165) is 12.8 Å². The van der Waals surface area contributed by atoms with E-state index in [1.807, 2.05) is 17.8 Å². The van der Waals surface area contributed by atoms with E-state index in [1.54, 1.807) is 0 Å². The monoisotopic (exact) mass is 192 g/mol. The molecule has 1 aliphatic heterocycles. The first-order valence-electron chi connectivity index (χ1n) is 4.99. The number of hydrogen-bond donors (Lipinski definition) is 1. The summed E-state index contributed by atoms with van der Waals surface area (Å²) in [6, 6.07) is 2.11. The van der Waals surface area contributed by atoms with Gasteiger partial charge in [0.2, 0.25) is 5.91 Å². The molecule has 0 aromatic carbocycles. The lowest BCUT2D eigenvalue weighted by Crippen LogP contribution is -2.40. The third-order valence-corrected chi connectivity index (χ3v) is 2.83. The van der Waals surface area contributed by atoms with E-state index < -0.39 is 0 Å². The Morgan fingerprint density at radius 3 is 2.93 bits per heavy atom. The molecule has 0 saturated carbocycles. The standard InChI is InChI=1S/C11H16N2O/c1-11(5-3-10(14)12-11)7-9-4-6-13(2)8-9/h4,6,8H,3,5,7H2,1-2H3,(H,12,14). The van der Waals surface area contributed by atoms with Gasteiger partial charge in [0.05, 0.1) is 0 Å². The van der Waals surface area contributed by atoms with Crippen LogP contribution in [-0.2, 0) is 18.3 Å². The zero-order chi connectivity index (χ0) is 10.2. The van der Waals surface area contributed by atoms with Gasteiger partial charge >= 0.3 is 0 Å². The summed E-state index contributed by atoms with van der Waals surface area (Å²) in [6.45, 7) is 2.12. The quantitative estimate of drug-likeness (QED) is 0.751. The number of aryl methyl sites for hydroxylation is 1. The maximum absolute atomic E-state index is 11.1. The fraction of sp³-hybridized carbons (Fsp3) is 0.545. The molecule has 0 radical (unpaired) electrons. The third-order valence-electron chi connectivity index (χ3n) is 2.83. The van der Waals surface area contributed by atoms with Crippen molar-refractivity contribution in [1.82, 2.24) is 9.88 Å². The highest BCUT2D eigenvalue weighted by atomic mass is 16.2. The molecule has 3 nitrogen and oxygen atoms in total. The highest BCUT2D eigenvalue weighted by Crippen LogP contribution is 2.23. The van der Waals surface area contributed by atoms with Crippen LogP contribution in [0.15, 0.2) is 18.5 Å². The highest BCUT2D eigenvalue weighted by molar-refractivity contribution is 5.79. The second kappa shape index (κ2) is 3.15. The van der Waals surface area contributed by atoms with E-state index in [2.05, 4.69) is 24.5 Å².